The first-order valence-corrected chi connectivity index (χ1v) is 15.7. The van der Waals surface area contributed by atoms with Gasteiger partial charge in [0.1, 0.15) is 5.82 Å². The number of aryl methyl sites for hydroxylation is 2. The number of H-pyrrole nitrogens is 1. The van der Waals surface area contributed by atoms with Crippen molar-refractivity contribution >= 4 is 51.4 Å². The minimum atomic E-state index is -0.574. The number of hydrogen-bond donors (Lipinski definition) is 1. The molecular formula is C35H41KN4O3. The molecule has 4 bridgehead atoms. The van der Waals surface area contributed by atoms with Crippen molar-refractivity contribution in [3.05, 3.63) is 92.1 Å². The van der Waals surface area contributed by atoms with Crippen LogP contribution in [0.25, 0.3) is 22.5 Å². The van der Waals surface area contributed by atoms with Gasteiger partial charge in [-0.1, -0.05) is 67.0 Å². The fourth-order valence-electron chi connectivity index (χ4n) is 8.78. The van der Waals surface area contributed by atoms with E-state index in [4.69, 9.17) is 9.51 Å². The zero-order valence-electron chi connectivity index (χ0n) is 24.7. The molecule has 0 spiro atoms. The Kier molecular flexibility index (Phi) is 9.14. The quantitative estimate of drug-likeness (QED) is 0.234. The van der Waals surface area contributed by atoms with Gasteiger partial charge in [-0.3, -0.25) is 18.9 Å². The van der Waals surface area contributed by atoms with Gasteiger partial charge in [0.25, 0.3) is 5.56 Å². The van der Waals surface area contributed by atoms with Crippen LogP contribution < -0.4 is 11.3 Å². The van der Waals surface area contributed by atoms with Gasteiger partial charge in [0, 0.05) is 24.1 Å². The molecule has 1 N–H and O–H groups in total. The third kappa shape index (κ3) is 6.23. The molecule has 4 aliphatic rings. The SMILES string of the molecule is CCCCc1nc(C)n(CC23CC4CC(CC(C4)C2)C3)c(=O)c1Cc1ccc(-c2ccccc2-c2noc(=O)[nH]2)cc1.[KH]. The van der Waals surface area contributed by atoms with Gasteiger partial charge >= 0.3 is 57.1 Å². The van der Waals surface area contributed by atoms with Gasteiger partial charge < -0.3 is 0 Å². The number of hydrogen-bond acceptors (Lipinski definition) is 5. The van der Waals surface area contributed by atoms with Gasteiger partial charge in [-0.05, 0) is 98.1 Å². The summed E-state index contributed by atoms with van der Waals surface area (Å²) >= 11 is 0. The van der Waals surface area contributed by atoms with Crippen molar-refractivity contribution in [1.82, 2.24) is 19.7 Å². The average molecular weight is 605 g/mol. The van der Waals surface area contributed by atoms with Gasteiger partial charge in [-0.2, -0.15) is 0 Å². The first kappa shape index (κ1) is 30.9. The van der Waals surface area contributed by atoms with Gasteiger partial charge in [0.2, 0.25) is 0 Å². The second-order valence-electron chi connectivity index (χ2n) is 13.4. The zero-order valence-corrected chi connectivity index (χ0v) is 24.7. The number of aromatic amines is 1. The Bertz CT molecular complexity index is 1680. The number of aromatic nitrogens is 4. The molecule has 0 amide bonds. The molecule has 220 valence electrons. The Labute approximate surface area is 295 Å². The Morgan fingerprint density at radius 3 is 2.21 bits per heavy atom. The number of nitrogens with one attached hydrogen (secondary N) is 1. The molecule has 0 saturated heterocycles. The maximum absolute atomic E-state index is 14.3. The molecule has 2 aromatic carbocycles. The van der Waals surface area contributed by atoms with Gasteiger partial charge in [0.15, 0.2) is 5.82 Å². The van der Waals surface area contributed by atoms with Crippen molar-refractivity contribution in [2.45, 2.75) is 84.6 Å². The molecule has 4 aromatic rings. The van der Waals surface area contributed by atoms with Crippen LogP contribution in [-0.4, -0.2) is 71.1 Å². The monoisotopic (exact) mass is 604 g/mol. The fourth-order valence-corrected chi connectivity index (χ4v) is 8.78. The van der Waals surface area contributed by atoms with Crippen molar-refractivity contribution in [2.75, 3.05) is 0 Å². The molecule has 0 atom stereocenters. The number of nitrogens with zero attached hydrogens (tertiary/aromatic N) is 3. The Balaban J connectivity index is 0.00000329. The van der Waals surface area contributed by atoms with E-state index in [1.807, 2.05) is 35.8 Å². The van der Waals surface area contributed by atoms with Gasteiger partial charge in [0.05, 0.1) is 5.69 Å². The van der Waals surface area contributed by atoms with Crippen LogP contribution in [0.3, 0.4) is 0 Å². The maximum atomic E-state index is 14.3. The minimum absolute atomic E-state index is 0. The van der Waals surface area contributed by atoms with Crippen molar-refractivity contribution in [1.29, 1.82) is 0 Å². The van der Waals surface area contributed by atoms with Crippen molar-refractivity contribution < 1.29 is 4.52 Å². The van der Waals surface area contributed by atoms with Crippen LogP contribution in [0.5, 0.6) is 0 Å². The van der Waals surface area contributed by atoms with E-state index < -0.39 is 5.76 Å². The number of unbranched alkanes of at least 4 members (excludes halogenated alkanes) is 1. The predicted molar refractivity (Wildman–Crippen MR) is 170 cm³/mol. The van der Waals surface area contributed by atoms with Gasteiger partial charge in [-0.25, -0.2) is 9.78 Å². The molecule has 0 unspecified atom stereocenters. The molecule has 2 heterocycles. The molecule has 0 aliphatic heterocycles. The second kappa shape index (κ2) is 12.7. The summed E-state index contributed by atoms with van der Waals surface area (Å²) in [5.74, 6) is 3.29. The molecular weight excluding hydrogens is 564 g/mol. The van der Waals surface area contributed by atoms with Crippen LogP contribution >= 0.6 is 0 Å². The third-order valence-electron chi connectivity index (χ3n) is 10.2. The van der Waals surface area contributed by atoms with E-state index in [0.717, 1.165) is 82.9 Å². The van der Waals surface area contributed by atoms with Crippen LogP contribution in [0.1, 0.15) is 80.9 Å². The summed E-state index contributed by atoms with van der Waals surface area (Å²) in [6, 6.07) is 16.2. The molecule has 8 rings (SSSR count). The molecule has 2 aromatic heterocycles. The van der Waals surface area contributed by atoms with E-state index in [-0.39, 0.29) is 62.4 Å². The normalized spacial score (nSPS) is 23.8. The third-order valence-corrected chi connectivity index (χ3v) is 10.2. The Hall–Kier alpha value is -2.10. The van der Waals surface area contributed by atoms with Crippen LogP contribution in [0.4, 0.5) is 0 Å². The topological polar surface area (TPSA) is 93.8 Å². The van der Waals surface area contributed by atoms with Crippen LogP contribution in [0, 0.1) is 30.1 Å². The molecule has 0 radical (unpaired) electrons. The second-order valence-corrected chi connectivity index (χ2v) is 13.4. The predicted octanol–water partition coefficient (Wildman–Crippen LogP) is 6.06. The average Bonchev–Trinajstić information content (AvgIpc) is 3.41. The van der Waals surface area contributed by atoms with Crippen molar-refractivity contribution in [3.63, 3.8) is 0 Å². The van der Waals surface area contributed by atoms with E-state index in [9.17, 15) is 9.59 Å². The standard InChI is InChI=1S/C35H40N4O3.K.H/c1-3-4-9-31-30(33(40)39(22(2)36-31)21-35-18-24-14-25(19-35)16-26(15-24)20-35)17-23-10-12-27(13-11-23)28-7-5-6-8-29(28)32-37-34(41)42-38-32;;/h5-8,10-13,24-26H,3-4,9,14-21H2,1-2H3,(H,37,38,41);;. The van der Waals surface area contributed by atoms with Gasteiger partial charge in [-0.15, -0.1) is 0 Å². The first-order valence-electron chi connectivity index (χ1n) is 15.7. The summed E-state index contributed by atoms with van der Waals surface area (Å²) < 4.78 is 6.78. The molecule has 43 heavy (non-hydrogen) atoms. The Morgan fingerprint density at radius 1 is 0.953 bits per heavy atom. The van der Waals surface area contributed by atoms with E-state index >= 15 is 0 Å². The molecule has 4 saturated carbocycles. The summed E-state index contributed by atoms with van der Waals surface area (Å²) in [6.07, 6.45) is 11.6. The summed E-state index contributed by atoms with van der Waals surface area (Å²) in [5.41, 5.74) is 6.10. The van der Waals surface area contributed by atoms with Crippen molar-refractivity contribution in [3.8, 4) is 22.5 Å². The molecule has 4 fully saturated rings. The summed E-state index contributed by atoms with van der Waals surface area (Å²) in [4.78, 5) is 33.6. The number of benzene rings is 2. The summed E-state index contributed by atoms with van der Waals surface area (Å²) in [7, 11) is 0. The number of rotatable bonds is 9. The Morgan fingerprint density at radius 2 is 1.60 bits per heavy atom. The first-order chi connectivity index (χ1) is 20.4. The molecule has 7 nitrogen and oxygen atoms in total. The van der Waals surface area contributed by atoms with Crippen LogP contribution in [0.2, 0.25) is 0 Å². The van der Waals surface area contributed by atoms with Crippen molar-refractivity contribution in [2.24, 2.45) is 23.2 Å². The van der Waals surface area contributed by atoms with E-state index in [0.29, 0.717) is 12.2 Å². The van der Waals surface area contributed by atoms with E-state index in [2.05, 4.69) is 41.3 Å². The molecule has 4 aliphatic carbocycles. The van der Waals surface area contributed by atoms with Crippen LogP contribution in [-0.2, 0) is 19.4 Å². The summed E-state index contributed by atoms with van der Waals surface area (Å²) in [5, 5.41) is 3.88. The molecule has 8 heteroatoms. The summed E-state index contributed by atoms with van der Waals surface area (Å²) in [6.45, 7) is 5.05. The zero-order chi connectivity index (χ0) is 28.8. The van der Waals surface area contributed by atoms with E-state index in [1.165, 1.54) is 38.5 Å². The van der Waals surface area contributed by atoms with E-state index in [1.54, 1.807) is 0 Å². The fraction of sp³-hybridized carbons (Fsp3) is 0.486. The van der Waals surface area contributed by atoms with Crippen LogP contribution in [0.15, 0.2) is 62.6 Å².